The molecule has 5 heavy (non-hydrogen) atoms. The Kier molecular flexibility index (Phi) is 2.41. The molecule has 0 heterocycles. The van der Waals surface area contributed by atoms with Crippen molar-refractivity contribution in [2.75, 3.05) is 0 Å². The minimum absolute atomic E-state index is 0.694. The highest BCUT2D eigenvalue weighted by Gasteiger charge is 1.61. The van der Waals surface area contributed by atoms with Crippen LogP contribution in [0.25, 0.3) is 0 Å². The first kappa shape index (κ1) is 4.01. The summed E-state index contributed by atoms with van der Waals surface area (Å²) in [6.07, 6.45) is 7.35. The fourth-order valence-electron chi connectivity index (χ4n) is 0.0373. The third-order valence-electron chi connectivity index (χ3n) is 0.148. The molecular weight excluding hydrogens is 64.0 g/mol. The molecule has 0 rings (SSSR count). The molecule has 0 unspecified atom stereocenters. The van der Waals surface area contributed by atoms with Gasteiger partial charge in [-0.15, -0.1) is 0 Å². The standard InChI is InChI=1S/C4H2O/c1-2-3-4-5/h1,4H/p+1. The quantitative estimate of drug-likeness (QED) is 0.248. The maximum atomic E-state index is 7.69. The molecule has 0 aromatic rings. The zero-order valence-electron chi connectivity index (χ0n) is 2.60. The largest absolute Gasteiger partial charge is 0.490 e. The average Bonchev–Trinajstić information content (AvgIpc) is 1.41. The Morgan fingerprint density at radius 1 is 2.00 bits per heavy atom. The molecule has 24 valence electrons. The highest BCUT2D eigenvalue weighted by Crippen LogP contribution is 1.50. The van der Waals surface area contributed by atoms with E-state index in [-0.39, 0.29) is 0 Å². The number of hydrogen-bond acceptors (Lipinski definition) is 1. The van der Waals surface area contributed by atoms with Crippen LogP contribution in [0.4, 0.5) is 0 Å². The minimum Gasteiger partial charge on any atom is -0.490 e. The van der Waals surface area contributed by atoms with Gasteiger partial charge in [-0.25, -0.2) is 0 Å². The van der Waals surface area contributed by atoms with Crippen LogP contribution in [0.1, 0.15) is 0 Å². The summed E-state index contributed by atoms with van der Waals surface area (Å²) in [5.74, 6) is 1.96. The van der Waals surface area contributed by atoms with E-state index in [1.54, 1.807) is 0 Å². The van der Waals surface area contributed by atoms with Gasteiger partial charge < -0.3 is 5.11 Å². The molecule has 0 aliphatic rings. The van der Waals surface area contributed by atoms with Crippen molar-refractivity contribution in [1.29, 1.82) is 0 Å². The maximum Gasteiger partial charge on any atom is 0.237 e. The molecule has 0 fully saturated rings. The van der Waals surface area contributed by atoms with Crippen molar-refractivity contribution in [2.24, 2.45) is 0 Å². The topological polar surface area (TPSA) is 20.2 Å². The van der Waals surface area contributed by atoms with Gasteiger partial charge >= 0.3 is 0 Å². The second-order valence-electron chi connectivity index (χ2n) is 0.418. The Morgan fingerprint density at radius 3 is 2.60 bits per heavy atom. The molecule has 1 N–H and O–H groups in total. The SMILES string of the molecule is C#C[C+]=CO. The molecular formula is C4H3O+. The molecule has 0 aromatic heterocycles. The van der Waals surface area contributed by atoms with Crippen LogP contribution in [0.5, 0.6) is 0 Å². The Labute approximate surface area is 30.9 Å². The van der Waals surface area contributed by atoms with Crippen LogP contribution >= 0.6 is 0 Å². The lowest BCUT2D eigenvalue weighted by Crippen LogP contribution is -1.44. The van der Waals surface area contributed by atoms with Crippen molar-refractivity contribution in [2.45, 2.75) is 0 Å². The van der Waals surface area contributed by atoms with Gasteiger partial charge in [-0.05, 0) is 0 Å². The van der Waals surface area contributed by atoms with Crippen LogP contribution in [0.3, 0.4) is 0 Å². The molecule has 0 aromatic carbocycles. The fourth-order valence-corrected chi connectivity index (χ4v) is 0.0373. The second-order valence-corrected chi connectivity index (χ2v) is 0.418. The summed E-state index contributed by atoms with van der Waals surface area (Å²) in [6.45, 7) is 0. The molecule has 0 aliphatic heterocycles. The monoisotopic (exact) mass is 67.0 g/mol. The fraction of sp³-hybridized carbons (Fsp3) is 0. The van der Waals surface area contributed by atoms with Crippen LogP contribution in [0.2, 0.25) is 0 Å². The molecule has 0 saturated heterocycles. The first-order valence-corrected chi connectivity index (χ1v) is 1.09. The van der Waals surface area contributed by atoms with E-state index in [0.717, 1.165) is 0 Å². The molecule has 0 saturated carbocycles. The van der Waals surface area contributed by atoms with Gasteiger partial charge in [0.25, 0.3) is 0 Å². The van der Waals surface area contributed by atoms with Crippen LogP contribution in [-0.2, 0) is 0 Å². The molecule has 1 nitrogen and oxygen atoms in total. The zero-order chi connectivity index (χ0) is 4.12. The normalized spacial score (nSPS) is 6.20. The Morgan fingerprint density at radius 2 is 2.60 bits per heavy atom. The summed E-state index contributed by atoms with van der Waals surface area (Å²) in [7, 11) is 0. The summed E-state index contributed by atoms with van der Waals surface area (Å²) in [5.41, 5.74) is 0. The van der Waals surface area contributed by atoms with Gasteiger partial charge in [0.05, 0.1) is 0 Å². The summed E-state index contributed by atoms with van der Waals surface area (Å²) in [5, 5.41) is 7.69. The smallest absolute Gasteiger partial charge is 0.237 e. The van der Waals surface area contributed by atoms with Gasteiger partial charge in [0.2, 0.25) is 18.3 Å². The predicted octanol–water partition coefficient (Wildman–Crippen LogP) is 0.494. The number of aliphatic hydroxyl groups is 1. The lowest BCUT2D eigenvalue weighted by molar-refractivity contribution is 0.472. The van der Waals surface area contributed by atoms with Gasteiger partial charge in [-0.3, -0.25) is 0 Å². The van der Waals surface area contributed by atoms with Crippen molar-refractivity contribution in [3.8, 4) is 12.3 Å². The van der Waals surface area contributed by atoms with E-state index in [1.807, 2.05) is 5.92 Å². The third-order valence-corrected chi connectivity index (χ3v) is 0.148. The Bertz CT molecular complexity index is 66.2. The second kappa shape index (κ2) is 3.01. The third kappa shape index (κ3) is 3.01. The van der Waals surface area contributed by atoms with Crippen molar-refractivity contribution in [1.82, 2.24) is 0 Å². The number of aliphatic hydroxyl groups excluding tert-OH is 1. The van der Waals surface area contributed by atoms with Crippen molar-refractivity contribution in [3.63, 3.8) is 0 Å². The van der Waals surface area contributed by atoms with Crippen molar-refractivity contribution < 1.29 is 5.11 Å². The van der Waals surface area contributed by atoms with E-state index in [0.29, 0.717) is 6.26 Å². The number of terminal acetylenes is 1. The van der Waals surface area contributed by atoms with E-state index in [2.05, 4.69) is 12.5 Å². The van der Waals surface area contributed by atoms with Crippen LogP contribution < -0.4 is 0 Å². The highest BCUT2D eigenvalue weighted by molar-refractivity contribution is 4.96. The van der Waals surface area contributed by atoms with E-state index >= 15 is 0 Å². The van der Waals surface area contributed by atoms with Gasteiger partial charge in [0.1, 0.15) is 6.42 Å². The van der Waals surface area contributed by atoms with Crippen molar-refractivity contribution >= 4 is 0 Å². The molecule has 0 atom stereocenters. The maximum absolute atomic E-state index is 7.69. The molecule has 0 aliphatic carbocycles. The summed E-state index contributed by atoms with van der Waals surface area (Å²) < 4.78 is 0. The van der Waals surface area contributed by atoms with E-state index < -0.39 is 0 Å². The number of hydrogen-bond donors (Lipinski definition) is 1. The van der Waals surface area contributed by atoms with E-state index in [9.17, 15) is 0 Å². The zero-order valence-corrected chi connectivity index (χ0v) is 2.60. The molecule has 0 amide bonds. The average molecular weight is 67.1 g/mol. The number of allylic oxidation sites excluding steroid dienone is 1. The highest BCUT2D eigenvalue weighted by atomic mass is 16.2. The summed E-state index contributed by atoms with van der Waals surface area (Å²) >= 11 is 0. The van der Waals surface area contributed by atoms with Crippen LogP contribution in [0.15, 0.2) is 6.26 Å². The molecule has 0 spiro atoms. The predicted molar refractivity (Wildman–Crippen MR) is 19.3 cm³/mol. The van der Waals surface area contributed by atoms with E-state index in [4.69, 9.17) is 5.11 Å². The first-order valence-electron chi connectivity index (χ1n) is 1.09. The van der Waals surface area contributed by atoms with Gasteiger partial charge in [0.15, 0.2) is 0 Å². The molecule has 0 bridgehead atoms. The van der Waals surface area contributed by atoms with E-state index in [1.165, 1.54) is 0 Å². The lowest BCUT2D eigenvalue weighted by Gasteiger charge is -1.41. The van der Waals surface area contributed by atoms with Gasteiger partial charge in [-0.1, -0.05) is 0 Å². The van der Waals surface area contributed by atoms with Gasteiger partial charge in [0, 0.05) is 0 Å². The van der Waals surface area contributed by atoms with Crippen LogP contribution in [0, 0.1) is 18.4 Å². The molecule has 0 radical (unpaired) electrons. The summed E-state index contributed by atoms with van der Waals surface area (Å²) in [4.78, 5) is 0. The Balaban J connectivity index is 3.04. The number of rotatable bonds is 0. The Hall–Kier alpha value is -0.990. The summed E-state index contributed by atoms with van der Waals surface area (Å²) in [6, 6.07) is 0. The minimum atomic E-state index is 0.694. The molecule has 1 heteroatoms. The van der Waals surface area contributed by atoms with Crippen LogP contribution in [-0.4, -0.2) is 5.11 Å². The van der Waals surface area contributed by atoms with Crippen molar-refractivity contribution in [3.05, 3.63) is 12.3 Å². The lowest BCUT2D eigenvalue weighted by atomic mass is 10.7. The first-order chi connectivity index (χ1) is 2.41. The van der Waals surface area contributed by atoms with Gasteiger partial charge in [-0.2, -0.15) is 0 Å².